The predicted octanol–water partition coefficient (Wildman–Crippen LogP) is 8.15. The lowest BCUT2D eigenvalue weighted by Gasteiger charge is -2.14. The highest BCUT2D eigenvalue weighted by atomic mass is 16.7. The van der Waals surface area contributed by atoms with E-state index in [1.807, 2.05) is 30.3 Å². The molecular weight excluding hydrogens is 412 g/mol. The van der Waals surface area contributed by atoms with Gasteiger partial charge >= 0.3 is 5.97 Å². The highest BCUT2D eigenvalue weighted by Crippen LogP contribution is 2.11. The van der Waals surface area contributed by atoms with Gasteiger partial charge in [-0.05, 0) is 44.6 Å². The fraction of sp³-hybridized carbons (Fsp3) is 0.690. The molecule has 1 rings (SSSR count). The molecule has 4 nitrogen and oxygen atoms in total. The molecule has 0 saturated heterocycles. The maximum atomic E-state index is 11.9. The smallest absolute Gasteiger partial charge is 0.308 e. The molecule has 0 aromatic heterocycles. The molecule has 1 atom stereocenters. The minimum atomic E-state index is -0.527. The molecule has 0 fully saturated rings. The van der Waals surface area contributed by atoms with Gasteiger partial charge in [0, 0.05) is 6.42 Å². The number of unbranched alkanes of at least 4 members (excludes halogenated alkanes) is 11. The highest BCUT2D eigenvalue weighted by molar-refractivity contribution is 5.69. The Morgan fingerprint density at radius 1 is 0.818 bits per heavy atom. The van der Waals surface area contributed by atoms with Gasteiger partial charge in [-0.3, -0.25) is 4.79 Å². The molecule has 0 heterocycles. The number of carbonyl (C=O) groups is 1. The summed E-state index contributed by atoms with van der Waals surface area (Å²) in [6.45, 7) is 5.48. The van der Waals surface area contributed by atoms with Crippen LogP contribution in [0.5, 0.6) is 0 Å². The summed E-state index contributed by atoms with van der Waals surface area (Å²) in [5, 5.41) is 0. The molecule has 0 bridgehead atoms. The van der Waals surface area contributed by atoms with Gasteiger partial charge in [0.2, 0.25) is 0 Å². The lowest BCUT2D eigenvalue weighted by Crippen LogP contribution is -2.20. The standard InChI is InChI=1S/C29H48O4/c1-3-4-5-6-7-8-9-10-11-12-13-14-15-16-20-23-29(30)33-27(2)32-25-24-31-26-28-21-18-17-19-22-28/h10-11,17-19,21-22,27H,3-9,12-16,20,23-26H2,1-2H3. The second kappa shape index (κ2) is 22.2. The molecule has 1 aromatic rings. The van der Waals surface area contributed by atoms with Gasteiger partial charge in [-0.2, -0.15) is 0 Å². The molecule has 0 aliphatic carbocycles. The SMILES string of the molecule is CCCCCCCCC=CCCCCCCCC(=O)OC(C)OCCOCc1ccccc1. The molecule has 1 unspecified atom stereocenters. The molecule has 1 aromatic carbocycles. The Kier molecular flexibility index (Phi) is 19.7. The first kappa shape index (κ1) is 29.4. The van der Waals surface area contributed by atoms with E-state index in [1.54, 1.807) is 6.92 Å². The molecule has 0 radical (unpaired) electrons. The number of ether oxygens (including phenoxy) is 3. The topological polar surface area (TPSA) is 44.8 Å². The Morgan fingerprint density at radius 3 is 2.09 bits per heavy atom. The molecule has 33 heavy (non-hydrogen) atoms. The van der Waals surface area contributed by atoms with Crippen LogP contribution in [0.4, 0.5) is 0 Å². The van der Waals surface area contributed by atoms with Crippen molar-refractivity contribution in [1.82, 2.24) is 0 Å². The zero-order valence-corrected chi connectivity index (χ0v) is 21.3. The van der Waals surface area contributed by atoms with Gasteiger partial charge in [0.05, 0.1) is 19.8 Å². The Morgan fingerprint density at radius 2 is 1.42 bits per heavy atom. The largest absolute Gasteiger partial charge is 0.436 e. The third-order valence-corrected chi connectivity index (χ3v) is 5.63. The van der Waals surface area contributed by atoms with E-state index in [9.17, 15) is 4.79 Å². The van der Waals surface area contributed by atoms with E-state index in [2.05, 4.69) is 19.1 Å². The van der Waals surface area contributed by atoms with E-state index in [1.165, 1.54) is 70.6 Å². The van der Waals surface area contributed by atoms with Crippen molar-refractivity contribution in [3.8, 4) is 0 Å². The number of benzene rings is 1. The maximum absolute atomic E-state index is 11.9. The van der Waals surface area contributed by atoms with Crippen LogP contribution in [0.2, 0.25) is 0 Å². The Bertz CT molecular complexity index is 585. The summed E-state index contributed by atoms with van der Waals surface area (Å²) >= 11 is 0. The van der Waals surface area contributed by atoms with Gasteiger partial charge in [-0.1, -0.05) is 101 Å². The third kappa shape index (κ3) is 19.5. The summed E-state index contributed by atoms with van der Waals surface area (Å²) in [6.07, 6.45) is 20.9. The van der Waals surface area contributed by atoms with Crippen molar-refractivity contribution >= 4 is 5.97 Å². The molecule has 4 heteroatoms. The van der Waals surface area contributed by atoms with Crippen molar-refractivity contribution in [1.29, 1.82) is 0 Å². The first-order chi connectivity index (χ1) is 16.2. The van der Waals surface area contributed by atoms with Crippen LogP contribution >= 0.6 is 0 Å². The van der Waals surface area contributed by atoms with Crippen LogP contribution in [-0.4, -0.2) is 25.5 Å². The number of hydrogen-bond acceptors (Lipinski definition) is 4. The molecular formula is C29H48O4. The third-order valence-electron chi connectivity index (χ3n) is 5.63. The lowest BCUT2D eigenvalue weighted by molar-refractivity contribution is -0.177. The van der Waals surface area contributed by atoms with Gasteiger partial charge in [0.1, 0.15) is 0 Å². The average molecular weight is 461 g/mol. The average Bonchev–Trinajstić information content (AvgIpc) is 2.82. The van der Waals surface area contributed by atoms with Crippen LogP contribution in [0.3, 0.4) is 0 Å². The van der Waals surface area contributed by atoms with Crippen molar-refractivity contribution in [2.45, 2.75) is 117 Å². The summed E-state index contributed by atoms with van der Waals surface area (Å²) in [5.41, 5.74) is 1.14. The van der Waals surface area contributed by atoms with Crippen molar-refractivity contribution in [2.75, 3.05) is 13.2 Å². The maximum Gasteiger partial charge on any atom is 0.308 e. The molecule has 0 spiro atoms. The van der Waals surface area contributed by atoms with Gasteiger partial charge < -0.3 is 14.2 Å². The Balaban J connectivity index is 1.84. The number of allylic oxidation sites excluding steroid dienone is 2. The number of esters is 1. The van der Waals surface area contributed by atoms with Crippen molar-refractivity contribution in [2.24, 2.45) is 0 Å². The molecule has 0 aliphatic rings. The summed E-state index contributed by atoms with van der Waals surface area (Å²) in [5.74, 6) is -0.176. The Hall–Kier alpha value is -1.65. The first-order valence-corrected chi connectivity index (χ1v) is 13.3. The van der Waals surface area contributed by atoms with Crippen LogP contribution in [0.25, 0.3) is 0 Å². The van der Waals surface area contributed by atoms with Crippen molar-refractivity contribution < 1.29 is 19.0 Å². The van der Waals surface area contributed by atoms with Crippen molar-refractivity contribution in [3.63, 3.8) is 0 Å². The summed E-state index contributed by atoms with van der Waals surface area (Å²) in [4.78, 5) is 11.9. The number of carbonyl (C=O) groups excluding carboxylic acids is 1. The van der Waals surface area contributed by atoms with E-state index in [-0.39, 0.29) is 5.97 Å². The molecule has 188 valence electrons. The minimum absolute atomic E-state index is 0.176. The fourth-order valence-corrected chi connectivity index (χ4v) is 3.66. The monoisotopic (exact) mass is 460 g/mol. The normalized spacial score (nSPS) is 12.3. The minimum Gasteiger partial charge on any atom is -0.436 e. The summed E-state index contributed by atoms with van der Waals surface area (Å²) in [7, 11) is 0. The highest BCUT2D eigenvalue weighted by Gasteiger charge is 2.09. The van der Waals surface area contributed by atoms with E-state index >= 15 is 0 Å². The summed E-state index contributed by atoms with van der Waals surface area (Å²) < 4.78 is 16.4. The van der Waals surface area contributed by atoms with Crippen LogP contribution in [0.15, 0.2) is 42.5 Å². The van der Waals surface area contributed by atoms with E-state index in [0.717, 1.165) is 18.4 Å². The van der Waals surface area contributed by atoms with Crippen LogP contribution in [-0.2, 0) is 25.6 Å². The predicted molar refractivity (Wildman–Crippen MR) is 137 cm³/mol. The zero-order chi connectivity index (χ0) is 23.8. The molecule has 0 aliphatic heterocycles. The quantitative estimate of drug-likeness (QED) is 0.0758. The van der Waals surface area contributed by atoms with Gasteiger partial charge in [-0.15, -0.1) is 0 Å². The molecule has 0 amide bonds. The lowest BCUT2D eigenvalue weighted by atomic mass is 10.1. The van der Waals surface area contributed by atoms with Crippen LogP contribution < -0.4 is 0 Å². The van der Waals surface area contributed by atoms with E-state index < -0.39 is 6.29 Å². The van der Waals surface area contributed by atoms with Crippen LogP contribution in [0.1, 0.15) is 109 Å². The van der Waals surface area contributed by atoms with E-state index in [0.29, 0.717) is 26.2 Å². The second-order valence-corrected chi connectivity index (χ2v) is 8.80. The van der Waals surface area contributed by atoms with Crippen LogP contribution in [0, 0.1) is 0 Å². The molecule has 0 saturated carbocycles. The van der Waals surface area contributed by atoms with Gasteiger partial charge in [0.15, 0.2) is 6.29 Å². The van der Waals surface area contributed by atoms with Gasteiger partial charge in [-0.25, -0.2) is 0 Å². The zero-order valence-electron chi connectivity index (χ0n) is 21.3. The fourth-order valence-electron chi connectivity index (χ4n) is 3.66. The number of rotatable bonds is 22. The van der Waals surface area contributed by atoms with Crippen molar-refractivity contribution in [3.05, 3.63) is 48.0 Å². The summed E-state index contributed by atoms with van der Waals surface area (Å²) in [6, 6.07) is 10.0. The first-order valence-electron chi connectivity index (χ1n) is 13.3. The van der Waals surface area contributed by atoms with E-state index in [4.69, 9.17) is 14.2 Å². The van der Waals surface area contributed by atoms with Gasteiger partial charge in [0.25, 0.3) is 0 Å². The Labute approximate surface area is 203 Å². The number of hydrogen-bond donors (Lipinski definition) is 0. The molecule has 0 N–H and O–H groups in total. The second-order valence-electron chi connectivity index (χ2n) is 8.80.